The SMILES string of the molecule is C#Cc1cccc([C@H](O)CC(=O)OC)c1. The molecule has 0 amide bonds. The van der Waals surface area contributed by atoms with Crippen molar-refractivity contribution >= 4 is 5.97 Å². The van der Waals surface area contributed by atoms with Crippen molar-refractivity contribution in [3.05, 3.63) is 35.4 Å². The molecule has 1 aromatic carbocycles. The minimum Gasteiger partial charge on any atom is -0.469 e. The number of carbonyl (C=O) groups is 1. The first-order valence-corrected chi connectivity index (χ1v) is 4.49. The van der Waals surface area contributed by atoms with Crippen LogP contribution in [0.25, 0.3) is 0 Å². The van der Waals surface area contributed by atoms with E-state index in [0.717, 1.165) is 0 Å². The fourth-order valence-corrected chi connectivity index (χ4v) is 1.19. The van der Waals surface area contributed by atoms with Crippen molar-refractivity contribution in [3.63, 3.8) is 0 Å². The van der Waals surface area contributed by atoms with Gasteiger partial charge in [-0.3, -0.25) is 4.79 Å². The summed E-state index contributed by atoms with van der Waals surface area (Å²) in [6.45, 7) is 0. The number of carbonyl (C=O) groups excluding carboxylic acids is 1. The summed E-state index contributed by atoms with van der Waals surface area (Å²) in [5.74, 6) is 2.01. The first-order valence-electron chi connectivity index (χ1n) is 4.49. The van der Waals surface area contributed by atoms with Gasteiger partial charge in [0.05, 0.1) is 19.6 Å². The minimum absolute atomic E-state index is 0.0650. The number of aliphatic hydroxyl groups excluding tert-OH is 1. The zero-order valence-corrected chi connectivity index (χ0v) is 8.43. The lowest BCUT2D eigenvalue weighted by Crippen LogP contribution is -2.08. The second-order valence-electron chi connectivity index (χ2n) is 3.07. The molecule has 3 nitrogen and oxygen atoms in total. The molecule has 0 spiro atoms. The summed E-state index contributed by atoms with van der Waals surface area (Å²) >= 11 is 0. The quantitative estimate of drug-likeness (QED) is 0.595. The number of hydrogen-bond acceptors (Lipinski definition) is 3. The van der Waals surface area contributed by atoms with Crippen molar-refractivity contribution in [2.45, 2.75) is 12.5 Å². The lowest BCUT2D eigenvalue weighted by Gasteiger charge is -2.09. The van der Waals surface area contributed by atoms with Crippen molar-refractivity contribution in [1.29, 1.82) is 0 Å². The second-order valence-corrected chi connectivity index (χ2v) is 3.07. The molecule has 1 atom stereocenters. The van der Waals surface area contributed by atoms with Gasteiger partial charge in [-0.15, -0.1) is 6.42 Å². The number of benzene rings is 1. The zero-order valence-electron chi connectivity index (χ0n) is 8.43. The van der Waals surface area contributed by atoms with Gasteiger partial charge in [-0.2, -0.15) is 0 Å². The van der Waals surface area contributed by atoms with Gasteiger partial charge in [0.25, 0.3) is 0 Å². The van der Waals surface area contributed by atoms with Crippen LogP contribution in [0.1, 0.15) is 23.7 Å². The van der Waals surface area contributed by atoms with E-state index in [9.17, 15) is 9.90 Å². The van der Waals surface area contributed by atoms with Gasteiger partial charge in [-0.1, -0.05) is 18.1 Å². The largest absolute Gasteiger partial charge is 0.469 e. The summed E-state index contributed by atoms with van der Waals surface area (Å²) < 4.78 is 4.46. The molecule has 0 heterocycles. The number of aliphatic hydroxyl groups is 1. The molecule has 0 saturated carbocycles. The maximum atomic E-state index is 10.9. The average Bonchev–Trinajstić information content (AvgIpc) is 2.28. The molecule has 1 N–H and O–H groups in total. The van der Waals surface area contributed by atoms with Gasteiger partial charge in [0, 0.05) is 5.56 Å². The highest BCUT2D eigenvalue weighted by atomic mass is 16.5. The van der Waals surface area contributed by atoms with E-state index in [0.29, 0.717) is 11.1 Å². The Morgan fingerprint density at radius 2 is 2.40 bits per heavy atom. The monoisotopic (exact) mass is 204 g/mol. The summed E-state index contributed by atoms with van der Waals surface area (Å²) in [6.07, 6.45) is 4.29. The summed E-state index contributed by atoms with van der Waals surface area (Å²) in [6, 6.07) is 6.89. The molecule has 0 radical (unpaired) electrons. The highest BCUT2D eigenvalue weighted by molar-refractivity contribution is 5.70. The van der Waals surface area contributed by atoms with Crippen LogP contribution in [-0.4, -0.2) is 18.2 Å². The molecule has 0 fully saturated rings. The van der Waals surface area contributed by atoms with E-state index in [1.807, 2.05) is 0 Å². The Morgan fingerprint density at radius 3 is 3.00 bits per heavy atom. The third-order valence-electron chi connectivity index (χ3n) is 2.03. The molecule has 0 aliphatic heterocycles. The zero-order chi connectivity index (χ0) is 11.3. The van der Waals surface area contributed by atoms with E-state index in [-0.39, 0.29) is 6.42 Å². The number of methoxy groups -OCH3 is 1. The van der Waals surface area contributed by atoms with Crippen LogP contribution in [0.2, 0.25) is 0 Å². The molecule has 15 heavy (non-hydrogen) atoms. The van der Waals surface area contributed by atoms with Gasteiger partial charge in [-0.05, 0) is 17.7 Å². The van der Waals surface area contributed by atoms with E-state index in [1.165, 1.54) is 7.11 Å². The van der Waals surface area contributed by atoms with Crippen LogP contribution in [0.5, 0.6) is 0 Å². The van der Waals surface area contributed by atoms with Crippen LogP contribution in [0, 0.1) is 12.3 Å². The van der Waals surface area contributed by atoms with Gasteiger partial charge in [0.15, 0.2) is 0 Å². The molecule has 0 aliphatic carbocycles. The lowest BCUT2D eigenvalue weighted by atomic mass is 10.0. The van der Waals surface area contributed by atoms with Crippen LogP contribution in [-0.2, 0) is 9.53 Å². The highest BCUT2D eigenvalue weighted by Crippen LogP contribution is 2.17. The highest BCUT2D eigenvalue weighted by Gasteiger charge is 2.13. The lowest BCUT2D eigenvalue weighted by molar-refractivity contribution is -0.142. The number of esters is 1. The van der Waals surface area contributed by atoms with Crippen molar-refractivity contribution in [2.75, 3.05) is 7.11 Å². The maximum absolute atomic E-state index is 10.9. The van der Waals surface area contributed by atoms with Crippen molar-refractivity contribution < 1.29 is 14.6 Å². The third kappa shape index (κ3) is 3.12. The summed E-state index contributed by atoms with van der Waals surface area (Å²) in [4.78, 5) is 10.9. The Bertz CT molecular complexity index is 390. The Morgan fingerprint density at radius 1 is 1.67 bits per heavy atom. The first kappa shape index (κ1) is 11.3. The fraction of sp³-hybridized carbons (Fsp3) is 0.250. The van der Waals surface area contributed by atoms with E-state index in [1.54, 1.807) is 24.3 Å². The van der Waals surface area contributed by atoms with Gasteiger partial charge < -0.3 is 9.84 Å². The predicted molar refractivity (Wildman–Crippen MR) is 56.0 cm³/mol. The van der Waals surface area contributed by atoms with E-state index in [2.05, 4.69) is 10.7 Å². The number of rotatable bonds is 3. The average molecular weight is 204 g/mol. The van der Waals surface area contributed by atoms with Crippen molar-refractivity contribution in [1.82, 2.24) is 0 Å². The smallest absolute Gasteiger partial charge is 0.308 e. The molecule has 0 saturated heterocycles. The van der Waals surface area contributed by atoms with Crippen molar-refractivity contribution in [3.8, 4) is 12.3 Å². The summed E-state index contributed by atoms with van der Waals surface area (Å²) in [5.41, 5.74) is 1.30. The maximum Gasteiger partial charge on any atom is 0.308 e. The van der Waals surface area contributed by atoms with Crippen LogP contribution < -0.4 is 0 Å². The first-order chi connectivity index (χ1) is 7.17. The molecular formula is C12H12O3. The van der Waals surface area contributed by atoms with Crippen LogP contribution >= 0.6 is 0 Å². The molecular weight excluding hydrogens is 192 g/mol. The normalized spacial score (nSPS) is 11.5. The minimum atomic E-state index is -0.870. The standard InChI is InChI=1S/C12H12O3/c1-3-9-5-4-6-10(7-9)11(13)8-12(14)15-2/h1,4-7,11,13H,8H2,2H3/t11-/m1/s1. The summed E-state index contributed by atoms with van der Waals surface area (Å²) in [5, 5.41) is 9.67. The van der Waals surface area contributed by atoms with Crippen LogP contribution in [0.15, 0.2) is 24.3 Å². The Labute approximate surface area is 88.7 Å². The van der Waals surface area contributed by atoms with Gasteiger partial charge in [-0.25, -0.2) is 0 Å². The van der Waals surface area contributed by atoms with E-state index >= 15 is 0 Å². The number of ether oxygens (including phenoxy) is 1. The predicted octanol–water partition coefficient (Wildman–Crippen LogP) is 1.26. The van der Waals surface area contributed by atoms with Crippen LogP contribution in [0.3, 0.4) is 0 Å². The van der Waals surface area contributed by atoms with Gasteiger partial charge >= 0.3 is 5.97 Å². The molecule has 0 bridgehead atoms. The van der Waals surface area contributed by atoms with Gasteiger partial charge in [0.1, 0.15) is 0 Å². The van der Waals surface area contributed by atoms with E-state index in [4.69, 9.17) is 6.42 Å². The summed E-state index contributed by atoms with van der Waals surface area (Å²) in [7, 11) is 1.28. The van der Waals surface area contributed by atoms with E-state index < -0.39 is 12.1 Å². The molecule has 0 aliphatic rings. The number of hydrogen-bond donors (Lipinski definition) is 1. The molecule has 0 unspecified atom stereocenters. The Hall–Kier alpha value is -1.79. The Kier molecular flexibility index (Phi) is 3.90. The molecule has 78 valence electrons. The molecule has 1 rings (SSSR count). The molecule has 3 heteroatoms. The molecule has 0 aromatic heterocycles. The Balaban J connectivity index is 2.78. The molecule has 1 aromatic rings. The third-order valence-corrected chi connectivity index (χ3v) is 2.03. The fourth-order valence-electron chi connectivity index (χ4n) is 1.19. The second kappa shape index (κ2) is 5.18. The van der Waals surface area contributed by atoms with Crippen molar-refractivity contribution in [2.24, 2.45) is 0 Å². The topological polar surface area (TPSA) is 46.5 Å². The number of terminal acetylenes is 1. The van der Waals surface area contributed by atoms with Gasteiger partial charge in [0.2, 0.25) is 0 Å². The van der Waals surface area contributed by atoms with Crippen LogP contribution in [0.4, 0.5) is 0 Å².